The smallest absolute Gasteiger partial charge is 0.241 e. The quantitative estimate of drug-likeness (QED) is 0.311. The van der Waals surface area contributed by atoms with Gasteiger partial charge in [0.2, 0.25) is 8.32 Å². The summed E-state index contributed by atoms with van der Waals surface area (Å²) in [6.07, 6.45) is 2.92. The van der Waals surface area contributed by atoms with Gasteiger partial charge in [0.1, 0.15) is 6.10 Å². The first-order valence-electron chi connectivity index (χ1n) is 14.2. The molecule has 7 atom stereocenters. The van der Waals surface area contributed by atoms with Gasteiger partial charge in [-0.15, -0.1) is 0 Å². The number of benzene rings is 1. The third-order valence-electron chi connectivity index (χ3n) is 9.00. The van der Waals surface area contributed by atoms with Crippen molar-refractivity contribution in [1.82, 2.24) is 0 Å². The van der Waals surface area contributed by atoms with E-state index in [1.807, 2.05) is 18.2 Å². The Morgan fingerprint density at radius 2 is 1.71 bits per heavy atom. The molecular formula is C30H50O6Si2. The minimum absolute atomic E-state index is 0.0609. The van der Waals surface area contributed by atoms with Gasteiger partial charge >= 0.3 is 0 Å². The third-order valence-corrected chi connectivity index (χ3v) is 14.4. The lowest BCUT2D eigenvalue weighted by Gasteiger charge is -2.56. The summed E-state index contributed by atoms with van der Waals surface area (Å²) >= 11 is 0. The Labute approximate surface area is 232 Å². The van der Waals surface area contributed by atoms with Gasteiger partial charge < -0.3 is 27.8 Å². The Morgan fingerprint density at radius 1 is 1.03 bits per heavy atom. The van der Waals surface area contributed by atoms with Crippen molar-refractivity contribution in [2.24, 2.45) is 17.3 Å². The fourth-order valence-corrected chi connectivity index (χ4v) is 8.09. The van der Waals surface area contributed by atoms with E-state index < -0.39 is 22.9 Å². The second kappa shape index (κ2) is 11.1. The standard InChI is InChI=1S/C30H50O6Si2/c1-21-18-23(36-37(6,7)8)19-30(21)24(16-17-33-38(9,10)29(2,3)4)28(31-5)34-25-20-32-27(35-26(25)30)22-14-12-11-13-15-22/h11-15,19,21,24-28H,16-18,20H2,1-10H3/t21-,24+,25-,26-,27-,28+,30+/m1/s1. The molecular weight excluding hydrogens is 512 g/mol. The highest BCUT2D eigenvalue weighted by molar-refractivity contribution is 6.74. The van der Waals surface area contributed by atoms with Crippen LogP contribution in [-0.4, -0.2) is 55.5 Å². The maximum absolute atomic E-state index is 6.86. The van der Waals surface area contributed by atoms with Gasteiger partial charge in [-0.3, -0.25) is 0 Å². The average molecular weight is 563 g/mol. The average Bonchev–Trinajstić information content (AvgIpc) is 3.14. The Hall–Kier alpha value is -1.01. The van der Waals surface area contributed by atoms with E-state index >= 15 is 0 Å². The van der Waals surface area contributed by atoms with Crippen LogP contribution in [0.4, 0.5) is 0 Å². The van der Waals surface area contributed by atoms with Gasteiger partial charge in [0.05, 0.1) is 18.5 Å². The fraction of sp³-hybridized carbons (Fsp3) is 0.733. The Balaban J connectivity index is 1.70. The van der Waals surface area contributed by atoms with E-state index in [-0.39, 0.29) is 34.9 Å². The summed E-state index contributed by atoms with van der Waals surface area (Å²) in [6.45, 7) is 21.7. The summed E-state index contributed by atoms with van der Waals surface area (Å²) in [5, 5.41) is 0.158. The molecule has 0 saturated carbocycles. The van der Waals surface area contributed by atoms with Crippen molar-refractivity contribution < 1.29 is 27.8 Å². The molecule has 0 N–H and O–H groups in total. The van der Waals surface area contributed by atoms with Gasteiger partial charge in [0.15, 0.2) is 20.9 Å². The Morgan fingerprint density at radius 3 is 2.32 bits per heavy atom. The zero-order valence-electron chi connectivity index (χ0n) is 25.2. The summed E-state index contributed by atoms with van der Waals surface area (Å²) in [6, 6.07) is 10.2. The van der Waals surface area contributed by atoms with Crippen LogP contribution in [0.5, 0.6) is 0 Å². The molecule has 0 unspecified atom stereocenters. The molecule has 38 heavy (non-hydrogen) atoms. The molecule has 2 fully saturated rings. The first-order chi connectivity index (χ1) is 17.7. The van der Waals surface area contributed by atoms with E-state index in [9.17, 15) is 0 Å². The van der Waals surface area contributed by atoms with Gasteiger partial charge in [-0.05, 0) is 56.2 Å². The molecule has 8 heteroatoms. The molecule has 4 rings (SSSR count). The van der Waals surface area contributed by atoms with E-state index in [4.69, 9.17) is 27.8 Å². The molecule has 1 aliphatic carbocycles. The predicted molar refractivity (Wildman–Crippen MR) is 156 cm³/mol. The second-order valence-electron chi connectivity index (χ2n) is 13.8. The van der Waals surface area contributed by atoms with E-state index in [1.165, 1.54) is 0 Å². The fourth-order valence-electron chi connectivity index (χ4n) is 6.10. The number of ether oxygens (including phenoxy) is 4. The number of rotatable bonds is 8. The van der Waals surface area contributed by atoms with Gasteiger partial charge in [-0.25, -0.2) is 0 Å². The van der Waals surface area contributed by atoms with Crippen LogP contribution in [0, 0.1) is 17.3 Å². The number of methoxy groups -OCH3 is 1. The number of fused-ring (bicyclic) bond motifs is 2. The molecule has 1 aromatic carbocycles. The topological polar surface area (TPSA) is 55.4 Å². The van der Waals surface area contributed by atoms with Crippen molar-refractivity contribution in [2.75, 3.05) is 20.3 Å². The van der Waals surface area contributed by atoms with Crippen molar-refractivity contribution in [2.45, 2.75) is 103 Å². The van der Waals surface area contributed by atoms with Crippen molar-refractivity contribution in [1.29, 1.82) is 0 Å². The normalized spacial score (nSPS) is 34.2. The molecule has 0 amide bonds. The molecule has 0 aromatic heterocycles. The molecule has 1 aromatic rings. The van der Waals surface area contributed by atoms with E-state index in [1.54, 1.807) is 7.11 Å². The van der Waals surface area contributed by atoms with E-state index in [0.717, 1.165) is 24.2 Å². The monoisotopic (exact) mass is 562 g/mol. The number of allylic oxidation sites excluding steroid dienone is 1. The molecule has 6 nitrogen and oxygen atoms in total. The highest BCUT2D eigenvalue weighted by atomic mass is 28.4. The van der Waals surface area contributed by atoms with Crippen LogP contribution in [0.15, 0.2) is 42.2 Å². The summed E-state index contributed by atoms with van der Waals surface area (Å²) in [5.74, 6) is 1.45. The summed E-state index contributed by atoms with van der Waals surface area (Å²) < 4.78 is 39.0. The first-order valence-corrected chi connectivity index (χ1v) is 20.5. The van der Waals surface area contributed by atoms with Crippen LogP contribution in [0.3, 0.4) is 0 Å². The Kier molecular flexibility index (Phi) is 8.76. The van der Waals surface area contributed by atoms with Gasteiger partial charge in [0, 0.05) is 37.0 Å². The van der Waals surface area contributed by atoms with Gasteiger partial charge in [-0.1, -0.05) is 58.0 Å². The molecule has 2 aliphatic heterocycles. The maximum atomic E-state index is 6.86. The van der Waals surface area contributed by atoms with Crippen LogP contribution in [0.1, 0.15) is 52.4 Å². The number of hydrogen-bond acceptors (Lipinski definition) is 6. The lowest BCUT2D eigenvalue weighted by molar-refractivity contribution is -0.362. The lowest BCUT2D eigenvalue weighted by atomic mass is 9.61. The van der Waals surface area contributed by atoms with E-state index in [0.29, 0.717) is 19.1 Å². The van der Waals surface area contributed by atoms with Crippen molar-refractivity contribution in [3.05, 3.63) is 47.7 Å². The predicted octanol–water partition coefficient (Wildman–Crippen LogP) is 7.26. The summed E-state index contributed by atoms with van der Waals surface area (Å²) in [5.41, 5.74) is 0.715. The van der Waals surface area contributed by atoms with Crippen molar-refractivity contribution in [3.8, 4) is 0 Å². The van der Waals surface area contributed by atoms with Gasteiger partial charge in [0.25, 0.3) is 0 Å². The Bertz CT molecular complexity index is 969. The van der Waals surface area contributed by atoms with Crippen LogP contribution >= 0.6 is 0 Å². The molecule has 2 saturated heterocycles. The van der Waals surface area contributed by atoms with Crippen LogP contribution < -0.4 is 0 Å². The van der Waals surface area contributed by atoms with Gasteiger partial charge in [-0.2, -0.15) is 0 Å². The first kappa shape index (κ1) is 30.0. The minimum Gasteiger partial charge on any atom is -0.548 e. The summed E-state index contributed by atoms with van der Waals surface area (Å²) in [4.78, 5) is 0. The zero-order valence-corrected chi connectivity index (χ0v) is 27.2. The second-order valence-corrected chi connectivity index (χ2v) is 23.1. The largest absolute Gasteiger partial charge is 0.548 e. The maximum Gasteiger partial charge on any atom is 0.241 e. The highest BCUT2D eigenvalue weighted by Gasteiger charge is 2.62. The van der Waals surface area contributed by atoms with Crippen molar-refractivity contribution in [3.63, 3.8) is 0 Å². The zero-order chi connectivity index (χ0) is 27.9. The third kappa shape index (κ3) is 6.01. The van der Waals surface area contributed by atoms with Crippen LogP contribution in [0.25, 0.3) is 0 Å². The highest BCUT2D eigenvalue weighted by Crippen LogP contribution is 2.58. The summed E-state index contributed by atoms with van der Waals surface area (Å²) in [7, 11) is -1.92. The van der Waals surface area contributed by atoms with E-state index in [2.05, 4.69) is 78.6 Å². The number of hydrogen-bond donors (Lipinski definition) is 0. The molecule has 0 bridgehead atoms. The minimum atomic E-state index is -1.89. The van der Waals surface area contributed by atoms with Crippen LogP contribution in [0.2, 0.25) is 37.8 Å². The molecule has 0 radical (unpaired) electrons. The van der Waals surface area contributed by atoms with Crippen LogP contribution in [-0.2, 0) is 27.8 Å². The SMILES string of the molecule is CO[C@H]1O[C@@H]2CO[C@@H](c3ccccc3)O[C@H]2[C@]2(C=C(O[Si](C)(C)C)C[C@H]2C)[C@H]1CCO[Si](C)(C)C(C)(C)C. The molecule has 2 heterocycles. The molecule has 1 spiro atoms. The van der Waals surface area contributed by atoms with Crippen molar-refractivity contribution >= 4 is 16.6 Å². The molecule has 214 valence electrons. The molecule has 3 aliphatic rings. The lowest BCUT2D eigenvalue weighted by Crippen LogP contribution is -2.64.